The number of hydrogen-bond acceptors (Lipinski definition) is 3. The third-order valence-corrected chi connectivity index (χ3v) is 2.36. The largest absolute Gasteiger partial charge is 0.368 e. The van der Waals surface area contributed by atoms with E-state index in [0.29, 0.717) is 0 Å². The third kappa shape index (κ3) is 2.29. The summed E-state index contributed by atoms with van der Waals surface area (Å²) in [6.07, 6.45) is 8.69. The van der Waals surface area contributed by atoms with Crippen molar-refractivity contribution in [2.75, 3.05) is 11.9 Å². The fraction of sp³-hybridized carbons (Fsp3) is 0.231. The van der Waals surface area contributed by atoms with Gasteiger partial charge in [0.2, 0.25) is 0 Å². The standard InChI is InChI=1S/C13H13N3/c1-2-3-6-9-14-13-12-8-5-4-7-11(12)10-15-16-13/h1,4-5,7-8,10H,3,6,9H2,(H,14,16). The minimum absolute atomic E-state index is 0.783. The highest BCUT2D eigenvalue weighted by atomic mass is 15.2. The average molecular weight is 211 g/mol. The summed E-state index contributed by atoms with van der Waals surface area (Å²) >= 11 is 0. The van der Waals surface area contributed by atoms with Gasteiger partial charge in [-0.1, -0.05) is 24.3 Å². The molecule has 0 atom stereocenters. The summed E-state index contributed by atoms with van der Waals surface area (Å²) in [7, 11) is 0. The lowest BCUT2D eigenvalue weighted by atomic mass is 10.2. The van der Waals surface area contributed by atoms with E-state index in [1.807, 2.05) is 24.3 Å². The third-order valence-electron chi connectivity index (χ3n) is 2.36. The second-order valence-corrected chi connectivity index (χ2v) is 3.51. The molecule has 0 radical (unpaired) electrons. The summed E-state index contributed by atoms with van der Waals surface area (Å²) in [5, 5.41) is 13.5. The van der Waals surface area contributed by atoms with Crippen molar-refractivity contribution in [3.05, 3.63) is 30.5 Å². The van der Waals surface area contributed by atoms with Gasteiger partial charge in [-0.15, -0.1) is 17.4 Å². The van der Waals surface area contributed by atoms with Gasteiger partial charge in [-0.05, 0) is 6.42 Å². The van der Waals surface area contributed by atoms with Crippen LogP contribution in [0.5, 0.6) is 0 Å². The van der Waals surface area contributed by atoms with Gasteiger partial charge in [0.1, 0.15) is 0 Å². The predicted octanol–water partition coefficient (Wildman–Crippen LogP) is 2.46. The van der Waals surface area contributed by atoms with Gasteiger partial charge in [0, 0.05) is 23.7 Å². The van der Waals surface area contributed by atoms with Gasteiger partial charge >= 0.3 is 0 Å². The molecule has 0 fully saturated rings. The minimum atomic E-state index is 0.783. The summed E-state index contributed by atoms with van der Waals surface area (Å²) in [5.41, 5.74) is 0. The lowest BCUT2D eigenvalue weighted by Crippen LogP contribution is -2.04. The molecule has 0 bridgehead atoms. The first-order valence-corrected chi connectivity index (χ1v) is 5.29. The van der Waals surface area contributed by atoms with E-state index in [4.69, 9.17) is 6.42 Å². The quantitative estimate of drug-likeness (QED) is 0.623. The first-order valence-electron chi connectivity index (χ1n) is 5.29. The monoisotopic (exact) mass is 211 g/mol. The van der Waals surface area contributed by atoms with Crippen molar-refractivity contribution < 1.29 is 0 Å². The molecule has 0 saturated carbocycles. The Bertz CT molecular complexity index is 509. The number of terminal acetylenes is 1. The van der Waals surface area contributed by atoms with Crippen LogP contribution >= 0.6 is 0 Å². The lowest BCUT2D eigenvalue weighted by molar-refractivity contribution is 0.894. The number of aromatic nitrogens is 2. The van der Waals surface area contributed by atoms with E-state index in [2.05, 4.69) is 21.4 Å². The zero-order chi connectivity index (χ0) is 11.2. The molecule has 0 aliphatic heterocycles. The van der Waals surface area contributed by atoms with Crippen LogP contribution in [0.3, 0.4) is 0 Å². The maximum absolute atomic E-state index is 5.19. The number of nitrogens with zero attached hydrogens (tertiary/aromatic N) is 2. The molecule has 0 amide bonds. The summed E-state index contributed by atoms with van der Waals surface area (Å²) in [6.45, 7) is 0.826. The molecule has 0 saturated heterocycles. The minimum Gasteiger partial charge on any atom is -0.368 e. The fourth-order valence-electron chi connectivity index (χ4n) is 1.56. The highest BCUT2D eigenvalue weighted by Gasteiger charge is 2.00. The van der Waals surface area contributed by atoms with Crippen molar-refractivity contribution in [2.45, 2.75) is 12.8 Å². The van der Waals surface area contributed by atoms with Crippen molar-refractivity contribution >= 4 is 16.6 Å². The van der Waals surface area contributed by atoms with Crippen molar-refractivity contribution in [3.8, 4) is 12.3 Å². The molecular weight excluding hydrogens is 198 g/mol. The smallest absolute Gasteiger partial charge is 0.156 e. The molecule has 3 nitrogen and oxygen atoms in total. The molecule has 0 unspecified atom stereocenters. The number of nitrogens with one attached hydrogen (secondary N) is 1. The fourth-order valence-corrected chi connectivity index (χ4v) is 1.56. The maximum atomic E-state index is 5.19. The van der Waals surface area contributed by atoms with E-state index < -0.39 is 0 Å². The zero-order valence-electron chi connectivity index (χ0n) is 8.98. The van der Waals surface area contributed by atoms with Gasteiger partial charge in [0.15, 0.2) is 5.82 Å². The second-order valence-electron chi connectivity index (χ2n) is 3.51. The van der Waals surface area contributed by atoms with Gasteiger partial charge in [-0.25, -0.2) is 0 Å². The number of anilines is 1. The molecule has 3 heteroatoms. The lowest BCUT2D eigenvalue weighted by Gasteiger charge is -2.06. The molecule has 0 spiro atoms. The predicted molar refractivity (Wildman–Crippen MR) is 66.1 cm³/mol. The molecule has 1 N–H and O–H groups in total. The molecule has 16 heavy (non-hydrogen) atoms. The summed E-state index contributed by atoms with van der Waals surface area (Å²) < 4.78 is 0. The Hall–Kier alpha value is -2.08. The first-order chi connectivity index (χ1) is 7.92. The van der Waals surface area contributed by atoms with Crippen LogP contribution in [-0.4, -0.2) is 16.7 Å². The van der Waals surface area contributed by atoms with Gasteiger partial charge < -0.3 is 5.32 Å². The van der Waals surface area contributed by atoms with Crippen LogP contribution in [-0.2, 0) is 0 Å². The molecule has 1 heterocycles. The average Bonchev–Trinajstić information content (AvgIpc) is 2.35. The number of fused-ring (bicyclic) bond motifs is 1. The van der Waals surface area contributed by atoms with Crippen LogP contribution in [0.2, 0.25) is 0 Å². The summed E-state index contributed by atoms with van der Waals surface area (Å²) in [6, 6.07) is 8.05. The van der Waals surface area contributed by atoms with Crippen LogP contribution in [0.4, 0.5) is 5.82 Å². The zero-order valence-corrected chi connectivity index (χ0v) is 8.98. The van der Waals surface area contributed by atoms with E-state index >= 15 is 0 Å². The highest BCUT2D eigenvalue weighted by Crippen LogP contribution is 2.18. The Morgan fingerprint density at radius 1 is 1.31 bits per heavy atom. The molecule has 2 rings (SSSR count). The molecular formula is C13H13N3. The number of benzene rings is 1. The molecule has 2 aromatic rings. The van der Waals surface area contributed by atoms with Gasteiger partial charge in [-0.3, -0.25) is 0 Å². The molecule has 0 aliphatic carbocycles. The summed E-state index contributed by atoms with van der Waals surface area (Å²) in [5.74, 6) is 3.44. The topological polar surface area (TPSA) is 37.8 Å². The molecule has 0 aliphatic rings. The SMILES string of the molecule is C#CCCCNc1nncc2ccccc12. The first kappa shape index (κ1) is 10.4. The highest BCUT2D eigenvalue weighted by molar-refractivity contribution is 5.90. The Morgan fingerprint density at radius 3 is 3.06 bits per heavy atom. The van der Waals surface area contributed by atoms with E-state index in [0.717, 1.165) is 36.0 Å². The molecule has 1 aromatic heterocycles. The van der Waals surface area contributed by atoms with Gasteiger partial charge in [0.05, 0.1) is 6.20 Å². The Kier molecular flexibility index (Phi) is 3.35. The Balaban J connectivity index is 2.15. The van der Waals surface area contributed by atoms with E-state index in [1.54, 1.807) is 6.20 Å². The van der Waals surface area contributed by atoms with Crippen molar-refractivity contribution in [3.63, 3.8) is 0 Å². The van der Waals surface area contributed by atoms with Crippen LogP contribution in [0.25, 0.3) is 10.8 Å². The molecule has 1 aromatic carbocycles. The van der Waals surface area contributed by atoms with Gasteiger partial charge in [0.25, 0.3) is 0 Å². The van der Waals surface area contributed by atoms with Crippen molar-refractivity contribution in [1.82, 2.24) is 10.2 Å². The van der Waals surface area contributed by atoms with Crippen LogP contribution in [0.1, 0.15) is 12.8 Å². The molecule has 80 valence electrons. The van der Waals surface area contributed by atoms with Gasteiger partial charge in [-0.2, -0.15) is 5.10 Å². The number of rotatable bonds is 4. The number of hydrogen-bond donors (Lipinski definition) is 1. The van der Waals surface area contributed by atoms with Crippen LogP contribution in [0, 0.1) is 12.3 Å². The summed E-state index contributed by atoms with van der Waals surface area (Å²) in [4.78, 5) is 0. The van der Waals surface area contributed by atoms with Crippen molar-refractivity contribution in [2.24, 2.45) is 0 Å². The van der Waals surface area contributed by atoms with E-state index in [-0.39, 0.29) is 0 Å². The number of unbranched alkanes of at least 4 members (excludes halogenated alkanes) is 1. The van der Waals surface area contributed by atoms with E-state index in [9.17, 15) is 0 Å². The second kappa shape index (κ2) is 5.13. The van der Waals surface area contributed by atoms with Crippen molar-refractivity contribution in [1.29, 1.82) is 0 Å². The van der Waals surface area contributed by atoms with Crippen LogP contribution < -0.4 is 5.32 Å². The Morgan fingerprint density at radius 2 is 2.19 bits per heavy atom. The maximum Gasteiger partial charge on any atom is 0.156 e. The van der Waals surface area contributed by atoms with E-state index in [1.165, 1.54) is 0 Å². The normalized spacial score (nSPS) is 9.94. The van der Waals surface area contributed by atoms with Crippen LogP contribution in [0.15, 0.2) is 30.5 Å². The Labute approximate surface area is 94.9 Å².